The van der Waals surface area contributed by atoms with Crippen molar-refractivity contribution >= 4 is 0 Å². The van der Waals surface area contributed by atoms with Gasteiger partial charge in [0, 0.05) is 32.8 Å². The van der Waals surface area contributed by atoms with Crippen LogP contribution >= 0.6 is 0 Å². The van der Waals surface area contributed by atoms with Gasteiger partial charge >= 0.3 is 0 Å². The average Bonchev–Trinajstić information content (AvgIpc) is 3.13. The molecule has 2 rings (SSSR count). The zero-order valence-corrected chi connectivity index (χ0v) is 11.2. The predicted molar refractivity (Wildman–Crippen MR) is 68.3 cm³/mol. The van der Waals surface area contributed by atoms with Gasteiger partial charge in [-0.3, -0.25) is 0 Å². The van der Waals surface area contributed by atoms with Crippen LogP contribution in [0.3, 0.4) is 0 Å². The summed E-state index contributed by atoms with van der Waals surface area (Å²) in [6.07, 6.45) is 5.60. The Morgan fingerprint density at radius 1 is 1.24 bits per heavy atom. The molecule has 2 aliphatic rings. The number of hydrogen-bond donors (Lipinski definition) is 1. The first-order valence-corrected chi connectivity index (χ1v) is 6.84. The van der Waals surface area contributed by atoms with Crippen LogP contribution in [0.2, 0.25) is 0 Å². The van der Waals surface area contributed by atoms with E-state index < -0.39 is 0 Å². The molecule has 1 atom stereocenters. The quantitative estimate of drug-likeness (QED) is 0.718. The second kappa shape index (κ2) is 6.69. The highest BCUT2D eigenvalue weighted by Crippen LogP contribution is 2.19. The van der Waals surface area contributed by atoms with Crippen molar-refractivity contribution in [3.05, 3.63) is 0 Å². The first kappa shape index (κ1) is 13.3. The number of rotatable bonds is 7. The number of hydrogen-bond acceptors (Lipinski definition) is 4. The van der Waals surface area contributed by atoms with Crippen molar-refractivity contribution in [2.45, 2.75) is 43.9 Å². The van der Waals surface area contributed by atoms with Crippen LogP contribution in [0, 0.1) is 0 Å². The number of methoxy groups -OCH3 is 1. The topological polar surface area (TPSA) is 33.7 Å². The Labute approximate surface area is 105 Å². The van der Waals surface area contributed by atoms with Gasteiger partial charge in [-0.05, 0) is 32.7 Å². The minimum absolute atomic E-state index is 0.217. The van der Waals surface area contributed by atoms with E-state index in [9.17, 15) is 0 Å². The Hall–Kier alpha value is -0.160. The summed E-state index contributed by atoms with van der Waals surface area (Å²) < 4.78 is 11.4. The average molecular weight is 242 g/mol. The Balaban J connectivity index is 1.67. The summed E-state index contributed by atoms with van der Waals surface area (Å²) >= 11 is 0. The van der Waals surface area contributed by atoms with Gasteiger partial charge < -0.3 is 19.7 Å². The molecule has 4 heteroatoms. The largest absolute Gasteiger partial charge is 0.382 e. The third-order valence-electron chi connectivity index (χ3n) is 3.61. The Morgan fingerprint density at radius 2 is 1.94 bits per heavy atom. The summed E-state index contributed by atoms with van der Waals surface area (Å²) in [7, 11) is 3.93. The summed E-state index contributed by atoms with van der Waals surface area (Å²) in [6.45, 7) is 3.94. The van der Waals surface area contributed by atoms with Gasteiger partial charge in [-0.2, -0.15) is 0 Å². The minimum atomic E-state index is 0.217. The second-order valence-corrected chi connectivity index (χ2v) is 5.40. The molecule has 0 aromatic carbocycles. The van der Waals surface area contributed by atoms with Gasteiger partial charge in [0.1, 0.15) is 0 Å². The van der Waals surface area contributed by atoms with Gasteiger partial charge in [0.25, 0.3) is 0 Å². The monoisotopic (exact) mass is 242 g/mol. The molecule has 17 heavy (non-hydrogen) atoms. The number of nitrogens with one attached hydrogen (secondary N) is 1. The van der Waals surface area contributed by atoms with Crippen LogP contribution in [0.4, 0.5) is 0 Å². The molecule has 0 radical (unpaired) electrons. The Bertz CT molecular complexity index is 213. The van der Waals surface area contributed by atoms with Crippen molar-refractivity contribution in [2.24, 2.45) is 0 Å². The fraction of sp³-hybridized carbons (Fsp3) is 1.00. The van der Waals surface area contributed by atoms with Crippen molar-refractivity contribution in [1.82, 2.24) is 10.2 Å². The number of piperidine rings is 1. The molecule has 1 saturated heterocycles. The molecule has 2 fully saturated rings. The summed E-state index contributed by atoms with van der Waals surface area (Å²) in [5.41, 5.74) is 0. The minimum Gasteiger partial charge on any atom is -0.382 e. The Morgan fingerprint density at radius 3 is 2.53 bits per heavy atom. The lowest BCUT2D eigenvalue weighted by Crippen LogP contribution is -2.40. The van der Waals surface area contributed by atoms with Crippen molar-refractivity contribution in [1.29, 1.82) is 0 Å². The molecule has 1 saturated carbocycles. The number of ether oxygens (including phenoxy) is 2. The third kappa shape index (κ3) is 4.92. The molecule has 0 amide bonds. The van der Waals surface area contributed by atoms with E-state index in [2.05, 4.69) is 17.3 Å². The molecule has 4 nitrogen and oxygen atoms in total. The first-order valence-electron chi connectivity index (χ1n) is 6.84. The lowest BCUT2D eigenvalue weighted by atomic mass is 10.1. The maximum atomic E-state index is 6.14. The molecular formula is C13H26N2O2. The van der Waals surface area contributed by atoms with E-state index in [-0.39, 0.29) is 6.10 Å². The molecular weight excluding hydrogens is 216 g/mol. The van der Waals surface area contributed by atoms with Gasteiger partial charge in [0.15, 0.2) is 0 Å². The summed E-state index contributed by atoms with van der Waals surface area (Å²) in [4.78, 5) is 2.37. The van der Waals surface area contributed by atoms with Gasteiger partial charge in [-0.25, -0.2) is 0 Å². The molecule has 1 aliphatic carbocycles. The molecule has 0 bridgehead atoms. The second-order valence-electron chi connectivity index (χ2n) is 5.40. The highest BCUT2D eigenvalue weighted by atomic mass is 16.5. The predicted octanol–water partition coefficient (Wildman–Crippen LogP) is 0.864. The van der Waals surface area contributed by atoms with E-state index in [1.807, 2.05) is 0 Å². The number of likely N-dealkylation sites (tertiary alicyclic amines) is 1. The lowest BCUT2D eigenvalue weighted by molar-refractivity contribution is -0.0661. The van der Waals surface area contributed by atoms with E-state index in [1.54, 1.807) is 7.11 Å². The molecule has 1 heterocycles. The maximum absolute atomic E-state index is 6.14. The fourth-order valence-corrected chi connectivity index (χ4v) is 2.31. The SMILES string of the molecule is COCC(CNC1CC1)OC1CCN(C)CC1. The highest BCUT2D eigenvalue weighted by molar-refractivity contribution is 4.82. The van der Waals surface area contributed by atoms with Crippen LogP contribution in [0.5, 0.6) is 0 Å². The zero-order valence-electron chi connectivity index (χ0n) is 11.2. The summed E-state index contributed by atoms with van der Waals surface area (Å²) in [6, 6.07) is 0.746. The fourth-order valence-electron chi connectivity index (χ4n) is 2.31. The van der Waals surface area contributed by atoms with Crippen LogP contribution in [0.25, 0.3) is 0 Å². The number of nitrogens with zero attached hydrogens (tertiary/aromatic N) is 1. The van der Waals surface area contributed by atoms with Crippen molar-refractivity contribution in [3.8, 4) is 0 Å². The highest BCUT2D eigenvalue weighted by Gasteiger charge is 2.24. The molecule has 100 valence electrons. The third-order valence-corrected chi connectivity index (χ3v) is 3.61. The molecule has 1 N–H and O–H groups in total. The van der Waals surface area contributed by atoms with E-state index in [0.717, 1.165) is 38.5 Å². The van der Waals surface area contributed by atoms with E-state index in [4.69, 9.17) is 9.47 Å². The summed E-state index contributed by atoms with van der Waals surface area (Å²) in [5.74, 6) is 0. The Kier molecular flexibility index (Phi) is 5.22. The van der Waals surface area contributed by atoms with E-state index >= 15 is 0 Å². The van der Waals surface area contributed by atoms with E-state index in [1.165, 1.54) is 12.8 Å². The molecule has 1 aliphatic heterocycles. The maximum Gasteiger partial charge on any atom is 0.0936 e. The zero-order chi connectivity index (χ0) is 12.1. The van der Waals surface area contributed by atoms with Gasteiger partial charge in [-0.15, -0.1) is 0 Å². The molecule has 0 aromatic rings. The van der Waals surface area contributed by atoms with Gasteiger partial charge in [0.2, 0.25) is 0 Å². The van der Waals surface area contributed by atoms with Gasteiger partial charge in [0.05, 0.1) is 18.8 Å². The first-order chi connectivity index (χ1) is 8.28. The van der Waals surface area contributed by atoms with Crippen molar-refractivity contribution in [2.75, 3.05) is 40.4 Å². The van der Waals surface area contributed by atoms with Gasteiger partial charge in [-0.1, -0.05) is 0 Å². The van der Waals surface area contributed by atoms with Crippen LogP contribution < -0.4 is 5.32 Å². The summed E-state index contributed by atoms with van der Waals surface area (Å²) in [5, 5.41) is 3.52. The standard InChI is InChI=1S/C13H26N2O2/c1-15-7-5-12(6-8-15)17-13(10-16-2)9-14-11-3-4-11/h11-14H,3-10H2,1-2H3. The van der Waals surface area contributed by atoms with Crippen LogP contribution in [-0.2, 0) is 9.47 Å². The molecule has 0 aromatic heterocycles. The van der Waals surface area contributed by atoms with E-state index in [0.29, 0.717) is 12.7 Å². The molecule has 1 unspecified atom stereocenters. The van der Waals surface area contributed by atoms with Crippen LogP contribution in [0.1, 0.15) is 25.7 Å². The van der Waals surface area contributed by atoms with Crippen molar-refractivity contribution < 1.29 is 9.47 Å². The van der Waals surface area contributed by atoms with Crippen LogP contribution in [0.15, 0.2) is 0 Å². The normalized spacial score (nSPS) is 25.1. The van der Waals surface area contributed by atoms with Crippen LogP contribution in [-0.4, -0.2) is 63.5 Å². The smallest absolute Gasteiger partial charge is 0.0936 e. The van der Waals surface area contributed by atoms with Crippen molar-refractivity contribution in [3.63, 3.8) is 0 Å². The molecule has 0 spiro atoms. The lowest BCUT2D eigenvalue weighted by Gasteiger charge is -2.31.